The maximum absolute atomic E-state index is 12.9. The molecule has 0 spiro atoms. The van der Waals surface area contributed by atoms with Crippen LogP contribution < -0.4 is 0 Å². The molecule has 65 heavy (non-hydrogen) atoms. The Labute approximate surface area is 382 Å². The van der Waals surface area contributed by atoms with Gasteiger partial charge in [0.2, 0.25) is 0 Å². The molecule has 372 valence electrons. The minimum atomic E-state index is -1.90. The molecule has 3 saturated carbocycles. The number of hydrogen-bond donors (Lipinski definition) is 5. The first kappa shape index (κ1) is 51.0. The molecule has 3 heterocycles. The summed E-state index contributed by atoms with van der Waals surface area (Å²) in [5, 5.41) is 59.5. The molecule has 18 nitrogen and oxygen atoms in total. The van der Waals surface area contributed by atoms with E-state index in [1.54, 1.807) is 35.0 Å². The molecule has 3 aliphatic heterocycles. The van der Waals surface area contributed by atoms with Gasteiger partial charge >= 0.3 is 11.9 Å². The van der Waals surface area contributed by atoms with Crippen LogP contribution in [0.5, 0.6) is 0 Å². The molecule has 0 aromatic carbocycles. The van der Waals surface area contributed by atoms with Crippen LogP contribution in [-0.4, -0.2) is 173 Å². The van der Waals surface area contributed by atoms with Crippen molar-refractivity contribution < 1.29 is 87.2 Å². The first-order chi connectivity index (χ1) is 30.3. The van der Waals surface area contributed by atoms with Crippen molar-refractivity contribution in [2.45, 2.75) is 235 Å². The third-order valence-corrected chi connectivity index (χ3v) is 17.1. The summed E-state index contributed by atoms with van der Waals surface area (Å²) in [6.07, 6.45) is -6.32. The van der Waals surface area contributed by atoms with E-state index < -0.39 is 137 Å². The fourth-order valence-corrected chi connectivity index (χ4v) is 13.5. The third-order valence-electron chi connectivity index (χ3n) is 17.1. The molecular weight excluding hydrogens is 852 g/mol. The van der Waals surface area contributed by atoms with Crippen molar-refractivity contribution in [2.75, 3.05) is 21.3 Å². The molecule has 18 heteroatoms. The Morgan fingerprint density at radius 2 is 1.48 bits per heavy atom. The van der Waals surface area contributed by atoms with Gasteiger partial charge in [-0.25, -0.2) is 0 Å². The second-order valence-corrected chi connectivity index (χ2v) is 20.7. The van der Waals surface area contributed by atoms with Gasteiger partial charge in [-0.3, -0.25) is 9.59 Å². The van der Waals surface area contributed by atoms with Crippen molar-refractivity contribution in [3.05, 3.63) is 11.6 Å². The molecule has 22 atom stereocenters. The van der Waals surface area contributed by atoms with E-state index in [-0.39, 0.29) is 31.8 Å². The Morgan fingerprint density at radius 3 is 2.11 bits per heavy atom. The number of carbonyl (C=O) groups is 2. The van der Waals surface area contributed by atoms with Crippen molar-refractivity contribution >= 4 is 11.9 Å². The summed E-state index contributed by atoms with van der Waals surface area (Å²) in [4.78, 5) is 24.8. The number of hydrogen-bond acceptors (Lipinski definition) is 18. The van der Waals surface area contributed by atoms with Crippen LogP contribution in [0.4, 0.5) is 0 Å². The Balaban J connectivity index is 1.02. The largest absolute Gasteiger partial charge is 0.462 e. The molecule has 6 fully saturated rings. The van der Waals surface area contributed by atoms with E-state index in [1.165, 1.54) is 21.0 Å². The van der Waals surface area contributed by atoms with Gasteiger partial charge in [-0.2, -0.15) is 0 Å². The van der Waals surface area contributed by atoms with E-state index in [9.17, 15) is 35.1 Å². The van der Waals surface area contributed by atoms with Crippen LogP contribution in [0.3, 0.4) is 0 Å². The highest BCUT2D eigenvalue weighted by molar-refractivity contribution is 5.67. The smallest absolute Gasteiger partial charge is 0.302 e. The van der Waals surface area contributed by atoms with Gasteiger partial charge < -0.3 is 77.6 Å². The number of rotatable bonds is 12. The zero-order valence-corrected chi connectivity index (χ0v) is 40.2. The second kappa shape index (κ2) is 18.5. The molecule has 7 rings (SSSR count). The van der Waals surface area contributed by atoms with Gasteiger partial charge in [-0.1, -0.05) is 25.5 Å². The SMILES string of the molecule is COC1CC(C)(O[C@H]2CC[C@@]3(C)C(=CC[C@]4(O)C3C[C@@H](OC(C)=O)[C@@]3(C)[C@]4(O)CC[C@@]3(O)C(C)OC(C)=O)C2)OC(C)C1OC1CC(OC)C(OC2OC(C)C(O)C(OC)C2O)C(C)O1. The molecule has 15 unspecified atom stereocenters. The van der Waals surface area contributed by atoms with E-state index in [4.69, 9.17) is 52.1 Å². The number of fused-ring (bicyclic) bond motifs is 5. The summed E-state index contributed by atoms with van der Waals surface area (Å²) in [6.45, 7) is 15.2. The minimum Gasteiger partial charge on any atom is -0.462 e. The van der Waals surface area contributed by atoms with E-state index in [1.807, 2.05) is 26.8 Å². The first-order valence-corrected chi connectivity index (χ1v) is 23.5. The van der Waals surface area contributed by atoms with Gasteiger partial charge in [-0.15, -0.1) is 0 Å². The summed E-state index contributed by atoms with van der Waals surface area (Å²) < 4.78 is 67.3. The maximum atomic E-state index is 12.9. The van der Waals surface area contributed by atoms with Crippen molar-refractivity contribution in [3.63, 3.8) is 0 Å². The lowest BCUT2D eigenvalue weighted by Gasteiger charge is -2.67. The van der Waals surface area contributed by atoms with Gasteiger partial charge in [0.05, 0.1) is 42.0 Å². The van der Waals surface area contributed by atoms with Crippen LogP contribution in [0.15, 0.2) is 11.6 Å². The lowest BCUT2D eigenvalue weighted by Crippen LogP contribution is -2.78. The highest BCUT2D eigenvalue weighted by Crippen LogP contribution is 2.71. The van der Waals surface area contributed by atoms with Crippen LogP contribution in [-0.2, 0) is 61.7 Å². The predicted octanol–water partition coefficient (Wildman–Crippen LogP) is 2.73. The third kappa shape index (κ3) is 8.44. The fraction of sp³-hybridized carbons (Fsp3) is 0.915. The topological polar surface area (TPSA) is 237 Å². The highest BCUT2D eigenvalue weighted by atomic mass is 16.8. The number of aliphatic hydroxyl groups excluding tert-OH is 2. The van der Waals surface area contributed by atoms with Gasteiger partial charge in [0.1, 0.15) is 59.5 Å². The standard InChI is InChI=1S/C47H76O18/c1-23-36(50)40(57-12)37(51)41(59-23)63-38-24(2)58-35(20-31(38)55-10)62-39-25(3)64-43(8,22-32(39)56-11)65-30-14-15-42(7)29(19-30)13-16-46(53)33(42)21-34(61-28(6)49)44(9)45(52,17-18-47(44,46)54)26(4)60-27(5)48/h13,23-26,30-41,50-54H,14-22H2,1-12H3/t23?,24?,25?,26?,30-,31?,32?,33?,34+,35?,36?,37?,38?,39?,40?,41?,42-,43?,44+,45+,46-,47+/m0/s1. The zero-order valence-electron chi connectivity index (χ0n) is 40.2. The van der Waals surface area contributed by atoms with Crippen LogP contribution in [0.25, 0.3) is 0 Å². The zero-order chi connectivity index (χ0) is 47.8. The Morgan fingerprint density at radius 1 is 0.800 bits per heavy atom. The van der Waals surface area contributed by atoms with Crippen LogP contribution >= 0.6 is 0 Å². The van der Waals surface area contributed by atoms with Crippen LogP contribution in [0.1, 0.15) is 120 Å². The van der Waals surface area contributed by atoms with Crippen molar-refractivity contribution in [2.24, 2.45) is 16.7 Å². The van der Waals surface area contributed by atoms with Crippen molar-refractivity contribution in [3.8, 4) is 0 Å². The van der Waals surface area contributed by atoms with Crippen molar-refractivity contribution in [1.82, 2.24) is 0 Å². The average molecular weight is 929 g/mol. The van der Waals surface area contributed by atoms with E-state index in [0.717, 1.165) is 5.57 Å². The Hall–Kier alpha value is -1.88. The number of methoxy groups -OCH3 is 3. The second-order valence-electron chi connectivity index (χ2n) is 20.7. The molecule has 0 bridgehead atoms. The van der Waals surface area contributed by atoms with Crippen molar-refractivity contribution in [1.29, 1.82) is 0 Å². The molecule has 7 aliphatic rings. The summed E-state index contributed by atoms with van der Waals surface area (Å²) in [7, 11) is 4.61. The van der Waals surface area contributed by atoms with Crippen LogP contribution in [0.2, 0.25) is 0 Å². The highest BCUT2D eigenvalue weighted by Gasteiger charge is 2.81. The summed E-state index contributed by atoms with van der Waals surface area (Å²) in [5.41, 5.74) is -6.51. The van der Waals surface area contributed by atoms with E-state index in [0.29, 0.717) is 32.1 Å². The lowest BCUT2D eigenvalue weighted by atomic mass is 9.42. The maximum Gasteiger partial charge on any atom is 0.302 e. The molecule has 0 aromatic heterocycles. The number of aliphatic hydroxyl groups is 5. The molecule has 3 saturated heterocycles. The van der Waals surface area contributed by atoms with Crippen LogP contribution in [0, 0.1) is 16.7 Å². The summed E-state index contributed by atoms with van der Waals surface area (Å²) in [6, 6.07) is 0. The average Bonchev–Trinajstić information content (AvgIpc) is 3.46. The lowest BCUT2D eigenvalue weighted by molar-refractivity contribution is -0.364. The number of ether oxygens (including phenoxy) is 11. The molecule has 0 amide bonds. The van der Waals surface area contributed by atoms with Gasteiger partial charge in [0.15, 0.2) is 18.4 Å². The van der Waals surface area contributed by atoms with E-state index >= 15 is 0 Å². The molecular formula is C47H76O18. The summed E-state index contributed by atoms with van der Waals surface area (Å²) in [5.74, 6) is -2.76. The Kier molecular flexibility index (Phi) is 14.5. The Bertz CT molecular complexity index is 1770. The summed E-state index contributed by atoms with van der Waals surface area (Å²) >= 11 is 0. The number of carbonyl (C=O) groups excluding carboxylic acids is 2. The molecule has 4 aliphatic carbocycles. The molecule has 0 aromatic rings. The quantitative estimate of drug-likeness (QED) is 0.140. The minimum absolute atomic E-state index is 0.0107. The first-order valence-electron chi connectivity index (χ1n) is 23.5. The normalized spacial score (nSPS) is 51.5. The van der Waals surface area contributed by atoms with Gasteiger partial charge in [-0.05, 0) is 85.0 Å². The van der Waals surface area contributed by atoms with Gasteiger partial charge in [0, 0.05) is 53.9 Å². The van der Waals surface area contributed by atoms with Gasteiger partial charge in [0.25, 0.3) is 0 Å². The predicted molar refractivity (Wildman–Crippen MR) is 228 cm³/mol. The number of esters is 2. The van der Waals surface area contributed by atoms with E-state index in [2.05, 4.69) is 6.92 Å². The monoisotopic (exact) mass is 929 g/mol. The fourth-order valence-electron chi connectivity index (χ4n) is 13.5. The molecule has 0 radical (unpaired) electrons. The molecule has 5 N–H and O–H groups in total.